The molecule has 2 rings (SSSR count). The Hall–Kier alpha value is -1.01. The highest BCUT2D eigenvalue weighted by atomic mass is 35.5. The number of alkyl halides is 1. The Morgan fingerprint density at radius 1 is 1.13 bits per heavy atom. The van der Waals surface area contributed by atoms with Crippen molar-refractivity contribution in [2.45, 2.75) is 24.1 Å². The van der Waals surface area contributed by atoms with E-state index in [1.54, 1.807) is 0 Å². The molecule has 0 unspecified atom stereocenters. The second-order valence-corrected chi connectivity index (χ2v) is 4.64. The van der Waals surface area contributed by atoms with Gasteiger partial charge in [0.2, 0.25) is 0 Å². The number of rotatable bonds is 2. The highest BCUT2D eigenvalue weighted by Crippen LogP contribution is 2.32. The van der Waals surface area contributed by atoms with Gasteiger partial charge in [-0.15, -0.1) is 11.6 Å². The van der Waals surface area contributed by atoms with Gasteiger partial charge in [0.1, 0.15) is 0 Å². The van der Waals surface area contributed by atoms with Crippen molar-refractivity contribution in [2.75, 3.05) is 0 Å². The predicted octanol–water partition coefficient (Wildman–Crippen LogP) is 4.28. The first-order chi connectivity index (χ1) is 7.23. The van der Waals surface area contributed by atoms with E-state index in [2.05, 4.69) is 55.5 Å². The Bertz CT molecular complexity index is 362. The number of benzene rings is 1. The average molecular weight is 219 g/mol. The van der Waals surface area contributed by atoms with Gasteiger partial charge in [0, 0.05) is 5.92 Å². The summed E-state index contributed by atoms with van der Waals surface area (Å²) in [7, 11) is 0. The standard InChI is InChI=1S/C14H15Cl/c1-2-14(15)10-8-13(9-11-14)12-6-4-3-5-7-12/h3-11,13H,2H2,1H3. The van der Waals surface area contributed by atoms with Crippen molar-refractivity contribution in [1.82, 2.24) is 0 Å². The summed E-state index contributed by atoms with van der Waals surface area (Å²) in [6, 6.07) is 10.5. The lowest BCUT2D eigenvalue weighted by molar-refractivity contribution is 0.788. The first-order valence-electron chi connectivity index (χ1n) is 5.36. The second kappa shape index (κ2) is 4.24. The summed E-state index contributed by atoms with van der Waals surface area (Å²) in [6.45, 7) is 2.10. The molecule has 0 bridgehead atoms. The van der Waals surface area contributed by atoms with Crippen molar-refractivity contribution in [2.24, 2.45) is 0 Å². The van der Waals surface area contributed by atoms with Crippen LogP contribution in [0.4, 0.5) is 0 Å². The van der Waals surface area contributed by atoms with Crippen LogP contribution in [0.5, 0.6) is 0 Å². The molecule has 0 saturated carbocycles. The van der Waals surface area contributed by atoms with Gasteiger partial charge in [0.25, 0.3) is 0 Å². The zero-order chi connectivity index (χ0) is 10.7. The van der Waals surface area contributed by atoms with Gasteiger partial charge in [-0.1, -0.05) is 61.6 Å². The Kier molecular flexibility index (Phi) is 2.97. The highest BCUT2D eigenvalue weighted by Gasteiger charge is 2.21. The molecule has 1 aromatic carbocycles. The van der Waals surface area contributed by atoms with Gasteiger partial charge in [-0.05, 0) is 12.0 Å². The van der Waals surface area contributed by atoms with Crippen LogP contribution in [0.25, 0.3) is 0 Å². The topological polar surface area (TPSA) is 0 Å². The van der Waals surface area contributed by atoms with Crippen molar-refractivity contribution in [3.63, 3.8) is 0 Å². The monoisotopic (exact) mass is 218 g/mol. The second-order valence-electron chi connectivity index (χ2n) is 3.94. The third kappa shape index (κ3) is 2.32. The molecule has 0 atom stereocenters. The summed E-state index contributed by atoms with van der Waals surface area (Å²) in [4.78, 5) is -0.259. The van der Waals surface area contributed by atoms with Crippen LogP contribution < -0.4 is 0 Å². The molecule has 0 N–H and O–H groups in total. The van der Waals surface area contributed by atoms with E-state index in [1.807, 2.05) is 6.07 Å². The molecule has 1 heteroatoms. The maximum absolute atomic E-state index is 6.34. The molecule has 0 radical (unpaired) electrons. The predicted molar refractivity (Wildman–Crippen MR) is 66.3 cm³/mol. The van der Waals surface area contributed by atoms with Crippen LogP contribution in [0.3, 0.4) is 0 Å². The quantitative estimate of drug-likeness (QED) is 0.513. The van der Waals surface area contributed by atoms with Gasteiger partial charge in [-0.3, -0.25) is 0 Å². The SMILES string of the molecule is CCC1(Cl)C=CC(c2ccccc2)C=C1. The Labute approximate surface area is 96.3 Å². The lowest BCUT2D eigenvalue weighted by atomic mass is 9.89. The molecular weight excluding hydrogens is 204 g/mol. The fourth-order valence-electron chi connectivity index (χ4n) is 1.78. The molecule has 1 aliphatic carbocycles. The van der Waals surface area contributed by atoms with E-state index in [1.165, 1.54) is 5.56 Å². The minimum atomic E-state index is -0.259. The van der Waals surface area contributed by atoms with E-state index in [-0.39, 0.29) is 4.87 Å². The van der Waals surface area contributed by atoms with Crippen LogP contribution in [-0.4, -0.2) is 4.87 Å². The normalized spacial score (nSPS) is 29.3. The zero-order valence-corrected chi connectivity index (χ0v) is 9.61. The first kappa shape index (κ1) is 10.5. The molecule has 0 aliphatic heterocycles. The Morgan fingerprint density at radius 2 is 1.73 bits per heavy atom. The molecule has 15 heavy (non-hydrogen) atoms. The molecular formula is C14H15Cl. The van der Waals surface area contributed by atoms with E-state index < -0.39 is 0 Å². The zero-order valence-electron chi connectivity index (χ0n) is 8.86. The van der Waals surface area contributed by atoms with Gasteiger partial charge < -0.3 is 0 Å². The molecule has 1 aliphatic rings. The van der Waals surface area contributed by atoms with Gasteiger partial charge in [0.05, 0.1) is 4.87 Å². The summed E-state index contributed by atoms with van der Waals surface area (Å²) in [5.74, 6) is 0.379. The molecule has 0 amide bonds. The minimum absolute atomic E-state index is 0.259. The lowest BCUT2D eigenvalue weighted by Gasteiger charge is -2.23. The van der Waals surface area contributed by atoms with Crippen molar-refractivity contribution in [3.05, 3.63) is 60.2 Å². The summed E-state index contributed by atoms with van der Waals surface area (Å²) in [6.07, 6.45) is 9.51. The maximum atomic E-state index is 6.34. The first-order valence-corrected chi connectivity index (χ1v) is 5.74. The van der Waals surface area contributed by atoms with Crippen LogP contribution >= 0.6 is 11.6 Å². The molecule has 0 nitrogen and oxygen atoms in total. The largest absolute Gasteiger partial charge is 0.110 e. The number of allylic oxidation sites excluding steroid dienone is 4. The van der Waals surface area contributed by atoms with Crippen molar-refractivity contribution in [1.29, 1.82) is 0 Å². The molecule has 0 aromatic heterocycles. The van der Waals surface area contributed by atoms with Crippen molar-refractivity contribution < 1.29 is 0 Å². The van der Waals surface area contributed by atoms with E-state index >= 15 is 0 Å². The highest BCUT2D eigenvalue weighted by molar-refractivity contribution is 6.26. The van der Waals surface area contributed by atoms with E-state index in [9.17, 15) is 0 Å². The van der Waals surface area contributed by atoms with Gasteiger partial charge in [-0.25, -0.2) is 0 Å². The van der Waals surface area contributed by atoms with Crippen LogP contribution in [0, 0.1) is 0 Å². The summed E-state index contributed by atoms with van der Waals surface area (Å²) in [5, 5.41) is 0. The van der Waals surface area contributed by atoms with Gasteiger partial charge >= 0.3 is 0 Å². The van der Waals surface area contributed by atoms with Crippen LogP contribution in [0.1, 0.15) is 24.8 Å². The Balaban J connectivity index is 2.18. The number of halogens is 1. The third-order valence-corrected chi connectivity index (χ3v) is 3.41. The fraction of sp³-hybridized carbons (Fsp3) is 0.286. The smallest absolute Gasteiger partial charge is 0.0804 e. The molecule has 0 spiro atoms. The number of hydrogen-bond donors (Lipinski definition) is 0. The van der Waals surface area contributed by atoms with Crippen molar-refractivity contribution in [3.8, 4) is 0 Å². The fourth-order valence-corrected chi connectivity index (χ4v) is 1.93. The third-order valence-electron chi connectivity index (χ3n) is 2.89. The molecule has 78 valence electrons. The molecule has 0 fully saturated rings. The van der Waals surface area contributed by atoms with Crippen LogP contribution in [0.2, 0.25) is 0 Å². The maximum Gasteiger partial charge on any atom is 0.0804 e. The average Bonchev–Trinajstić information content (AvgIpc) is 2.31. The molecule has 0 saturated heterocycles. The van der Waals surface area contributed by atoms with Gasteiger partial charge in [0.15, 0.2) is 0 Å². The van der Waals surface area contributed by atoms with Crippen molar-refractivity contribution >= 4 is 11.6 Å². The minimum Gasteiger partial charge on any atom is -0.110 e. The molecule has 0 heterocycles. The summed E-state index contributed by atoms with van der Waals surface area (Å²) in [5.41, 5.74) is 1.32. The van der Waals surface area contributed by atoms with Crippen LogP contribution in [-0.2, 0) is 0 Å². The summed E-state index contributed by atoms with van der Waals surface area (Å²) >= 11 is 6.34. The number of hydrogen-bond acceptors (Lipinski definition) is 0. The van der Waals surface area contributed by atoms with Crippen LogP contribution in [0.15, 0.2) is 54.6 Å². The van der Waals surface area contributed by atoms with E-state index in [0.717, 1.165) is 6.42 Å². The summed E-state index contributed by atoms with van der Waals surface area (Å²) < 4.78 is 0. The Morgan fingerprint density at radius 3 is 2.27 bits per heavy atom. The van der Waals surface area contributed by atoms with Gasteiger partial charge in [-0.2, -0.15) is 0 Å². The van der Waals surface area contributed by atoms with E-state index in [4.69, 9.17) is 11.6 Å². The molecule has 1 aromatic rings. The van der Waals surface area contributed by atoms with E-state index in [0.29, 0.717) is 5.92 Å². The lowest BCUT2D eigenvalue weighted by Crippen LogP contribution is -2.16.